The summed E-state index contributed by atoms with van der Waals surface area (Å²) in [5.74, 6) is 0.892. The van der Waals surface area contributed by atoms with Crippen LogP contribution in [0, 0.1) is 0 Å². The number of alkyl halides is 1. The van der Waals surface area contributed by atoms with Gasteiger partial charge in [-0.2, -0.15) is 0 Å². The maximum Gasteiger partial charge on any atom is 0.152 e. The molecule has 0 saturated heterocycles. The minimum atomic E-state index is 0.267. The van der Waals surface area contributed by atoms with Crippen LogP contribution >= 0.6 is 34.8 Å². The minimum absolute atomic E-state index is 0.267. The number of hydrogen-bond donors (Lipinski definition) is 0. The van der Waals surface area contributed by atoms with E-state index in [9.17, 15) is 0 Å². The van der Waals surface area contributed by atoms with Gasteiger partial charge in [0.15, 0.2) is 5.82 Å². The van der Waals surface area contributed by atoms with Gasteiger partial charge in [-0.3, -0.25) is 4.57 Å². The second-order valence-corrected chi connectivity index (χ2v) is 3.88. The molecule has 0 radical (unpaired) electrons. The number of aromatic nitrogens is 3. The third-order valence-corrected chi connectivity index (χ3v) is 2.98. The Morgan fingerprint density at radius 2 is 2.07 bits per heavy atom. The van der Waals surface area contributed by atoms with Crippen LogP contribution in [-0.4, -0.2) is 14.8 Å². The molecule has 1 aromatic heterocycles. The van der Waals surface area contributed by atoms with Gasteiger partial charge in [0.05, 0.1) is 21.6 Å². The first-order valence-corrected chi connectivity index (χ1v) is 5.42. The first-order chi connectivity index (χ1) is 7.24. The number of rotatable bonds is 2. The highest BCUT2D eigenvalue weighted by atomic mass is 35.5. The summed E-state index contributed by atoms with van der Waals surface area (Å²) in [5, 5.41) is 8.58. The first kappa shape index (κ1) is 10.7. The summed E-state index contributed by atoms with van der Waals surface area (Å²) in [6.07, 6.45) is 1.55. The Hall–Kier alpha value is -0.770. The van der Waals surface area contributed by atoms with E-state index in [1.807, 2.05) is 12.1 Å². The SMILES string of the molecule is ClCc1nncn1-c1cccc(Cl)c1Cl. The Morgan fingerprint density at radius 3 is 2.80 bits per heavy atom. The topological polar surface area (TPSA) is 30.7 Å². The number of nitrogens with zero attached hydrogens (tertiary/aromatic N) is 3. The maximum absolute atomic E-state index is 6.06. The van der Waals surface area contributed by atoms with E-state index in [2.05, 4.69) is 10.2 Å². The van der Waals surface area contributed by atoms with Crippen molar-refractivity contribution in [3.05, 3.63) is 40.4 Å². The summed E-state index contributed by atoms with van der Waals surface area (Å²) < 4.78 is 1.71. The standard InChI is InChI=1S/C9H6Cl3N3/c10-4-8-14-13-5-15(8)7-3-1-2-6(11)9(7)12/h1-3,5H,4H2. The Balaban J connectivity index is 2.59. The second-order valence-electron chi connectivity index (χ2n) is 2.82. The third kappa shape index (κ3) is 1.95. The number of benzene rings is 1. The lowest BCUT2D eigenvalue weighted by atomic mass is 10.3. The zero-order valence-electron chi connectivity index (χ0n) is 7.49. The molecule has 2 rings (SSSR count). The van der Waals surface area contributed by atoms with E-state index < -0.39 is 0 Å². The fourth-order valence-corrected chi connectivity index (χ4v) is 1.80. The van der Waals surface area contributed by atoms with Crippen molar-refractivity contribution in [3.63, 3.8) is 0 Å². The fourth-order valence-electron chi connectivity index (χ4n) is 1.23. The predicted octanol–water partition coefficient (Wildman–Crippen LogP) is 3.31. The van der Waals surface area contributed by atoms with Gasteiger partial charge in [-0.25, -0.2) is 0 Å². The highest BCUT2D eigenvalue weighted by Crippen LogP contribution is 2.28. The Morgan fingerprint density at radius 1 is 1.27 bits per heavy atom. The lowest BCUT2D eigenvalue weighted by molar-refractivity contribution is 0.951. The smallest absolute Gasteiger partial charge is 0.152 e. The maximum atomic E-state index is 6.06. The normalized spacial score (nSPS) is 10.6. The first-order valence-electron chi connectivity index (χ1n) is 4.13. The lowest BCUT2D eigenvalue weighted by Crippen LogP contribution is -1.98. The van der Waals surface area contributed by atoms with Crippen LogP contribution in [0.1, 0.15) is 5.82 Å². The molecule has 0 unspecified atom stereocenters. The van der Waals surface area contributed by atoms with Gasteiger partial charge in [0.1, 0.15) is 6.33 Å². The third-order valence-electron chi connectivity index (χ3n) is 1.93. The second kappa shape index (κ2) is 4.39. The highest BCUT2D eigenvalue weighted by Gasteiger charge is 2.10. The summed E-state index contributed by atoms with van der Waals surface area (Å²) in [4.78, 5) is 0. The van der Waals surface area contributed by atoms with Gasteiger partial charge in [-0.1, -0.05) is 29.3 Å². The minimum Gasteiger partial charge on any atom is -0.283 e. The average molecular weight is 263 g/mol. The van der Waals surface area contributed by atoms with Crippen LogP contribution < -0.4 is 0 Å². The zero-order chi connectivity index (χ0) is 10.8. The molecule has 0 fully saturated rings. The molecular weight excluding hydrogens is 256 g/mol. The van der Waals surface area contributed by atoms with Crippen LogP contribution in [0.25, 0.3) is 5.69 Å². The van der Waals surface area contributed by atoms with Gasteiger partial charge in [0.25, 0.3) is 0 Å². The molecular formula is C9H6Cl3N3. The zero-order valence-corrected chi connectivity index (χ0v) is 9.76. The van der Waals surface area contributed by atoms with Crippen molar-refractivity contribution in [2.75, 3.05) is 0 Å². The molecule has 0 atom stereocenters. The summed E-state index contributed by atoms with van der Waals surface area (Å²) in [6.45, 7) is 0. The lowest BCUT2D eigenvalue weighted by Gasteiger charge is -2.07. The molecule has 1 aromatic carbocycles. The van der Waals surface area contributed by atoms with Crippen molar-refractivity contribution < 1.29 is 0 Å². The molecule has 0 saturated carbocycles. The molecule has 6 heteroatoms. The molecule has 2 aromatic rings. The average Bonchev–Trinajstić information content (AvgIpc) is 2.70. The number of halogens is 3. The van der Waals surface area contributed by atoms with E-state index in [4.69, 9.17) is 34.8 Å². The molecule has 0 aliphatic heterocycles. The van der Waals surface area contributed by atoms with E-state index in [0.717, 1.165) is 5.69 Å². The van der Waals surface area contributed by atoms with Crippen LogP contribution in [0.2, 0.25) is 10.0 Å². The van der Waals surface area contributed by atoms with Crippen LogP contribution in [0.3, 0.4) is 0 Å². The van der Waals surface area contributed by atoms with Crippen molar-refractivity contribution in [2.24, 2.45) is 0 Å². The molecule has 78 valence electrons. The van der Waals surface area contributed by atoms with E-state index in [0.29, 0.717) is 15.9 Å². The van der Waals surface area contributed by atoms with Crippen molar-refractivity contribution in [2.45, 2.75) is 5.88 Å². The van der Waals surface area contributed by atoms with Gasteiger partial charge in [0.2, 0.25) is 0 Å². The molecule has 0 aliphatic carbocycles. The van der Waals surface area contributed by atoms with E-state index in [1.54, 1.807) is 17.0 Å². The van der Waals surface area contributed by atoms with Gasteiger partial charge >= 0.3 is 0 Å². The summed E-state index contributed by atoms with van der Waals surface area (Å²) in [7, 11) is 0. The predicted molar refractivity (Wildman–Crippen MR) is 60.9 cm³/mol. The van der Waals surface area contributed by atoms with E-state index in [-0.39, 0.29) is 5.88 Å². The number of hydrogen-bond acceptors (Lipinski definition) is 2. The van der Waals surface area contributed by atoms with E-state index >= 15 is 0 Å². The van der Waals surface area contributed by atoms with Crippen LogP contribution in [0.15, 0.2) is 24.5 Å². The highest BCUT2D eigenvalue weighted by molar-refractivity contribution is 6.43. The largest absolute Gasteiger partial charge is 0.283 e. The van der Waals surface area contributed by atoms with Crippen LogP contribution in [0.5, 0.6) is 0 Å². The molecule has 0 bridgehead atoms. The summed E-state index contributed by atoms with van der Waals surface area (Å²) in [5.41, 5.74) is 0.727. The monoisotopic (exact) mass is 261 g/mol. The molecule has 0 N–H and O–H groups in total. The van der Waals surface area contributed by atoms with Crippen molar-refractivity contribution in [3.8, 4) is 5.69 Å². The Bertz CT molecular complexity index is 481. The van der Waals surface area contributed by atoms with Crippen molar-refractivity contribution in [1.29, 1.82) is 0 Å². The van der Waals surface area contributed by atoms with E-state index in [1.165, 1.54) is 0 Å². The quantitative estimate of drug-likeness (QED) is 0.777. The van der Waals surface area contributed by atoms with Gasteiger partial charge in [-0.05, 0) is 12.1 Å². The Kier molecular flexibility index (Phi) is 3.14. The molecule has 3 nitrogen and oxygen atoms in total. The summed E-state index contributed by atoms with van der Waals surface area (Å²) >= 11 is 17.7. The Labute approximate surface area is 102 Å². The molecule has 15 heavy (non-hydrogen) atoms. The van der Waals surface area contributed by atoms with Crippen LogP contribution in [-0.2, 0) is 5.88 Å². The van der Waals surface area contributed by atoms with Crippen molar-refractivity contribution in [1.82, 2.24) is 14.8 Å². The van der Waals surface area contributed by atoms with Gasteiger partial charge < -0.3 is 0 Å². The molecule has 0 amide bonds. The van der Waals surface area contributed by atoms with Crippen molar-refractivity contribution >= 4 is 34.8 Å². The molecule has 0 aliphatic rings. The summed E-state index contributed by atoms with van der Waals surface area (Å²) in [6, 6.07) is 5.35. The van der Waals surface area contributed by atoms with Gasteiger partial charge in [-0.15, -0.1) is 21.8 Å². The molecule has 1 heterocycles. The fraction of sp³-hybridized carbons (Fsp3) is 0.111. The molecule has 0 spiro atoms. The van der Waals surface area contributed by atoms with Crippen LogP contribution in [0.4, 0.5) is 0 Å². The van der Waals surface area contributed by atoms with Gasteiger partial charge in [0, 0.05) is 0 Å².